The van der Waals surface area contributed by atoms with Crippen LogP contribution in [0.2, 0.25) is 5.02 Å². The fourth-order valence-corrected chi connectivity index (χ4v) is 5.83. The van der Waals surface area contributed by atoms with Crippen molar-refractivity contribution in [2.75, 3.05) is 12.4 Å². The fraction of sp³-hybridized carbons (Fsp3) is 0.286. The monoisotopic (exact) mass is 508 g/mol. The standard InChI is InChI=1S/C21H21ClN4O5S2/c1-21(2)11-16(14-10-12(30-3)8-9-17(14)31-21)26-33(28,29)20-25-24-19(32-20)23-18(27)13-6-4-5-7-15(13)22/h4-10,16,26H,11H2,1-3H3,(H,23,24,27). The van der Waals surface area contributed by atoms with E-state index in [0.717, 1.165) is 11.3 Å². The highest BCUT2D eigenvalue weighted by Crippen LogP contribution is 2.42. The number of benzene rings is 2. The summed E-state index contributed by atoms with van der Waals surface area (Å²) in [5.74, 6) is 0.646. The molecule has 1 aromatic heterocycles. The minimum absolute atomic E-state index is 0.0367. The number of rotatable bonds is 6. The van der Waals surface area contributed by atoms with Crippen LogP contribution < -0.4 is 19.5 Å². The zero-order chi connectivity index (χ0) is 23.8. The highest BCUT2D eigenvalue weighted by molar-refractivity contribution is 7.91. The molecule has 0 bridgehead atoms. The number of ether oxygens (including phenoxy) is 2. The average molecular weight is 509 g/mol. The van der Waals surface area contributed by atoms with Crippen molar-refractivity contribution in [3.63, 3.8) is 0 Å². The van der Waals surface area contributed by atoms with Crippen LogP contribution in [0.25, 0.3) is 0 Å². The molecule has 2 aromatic carbocycles. The Hall–Kier alpha value is -2.73. The van der Waals surface area contributed by atoms with E-state index < -0.39 is 27.6 Å². The van der Waals surface area contributed by atoms with Crippen molar-refractivity contribution in [2.24, 2.45) is 0 Å². The molecule has 4 rings (SSSR count). The second kappa shape index (κ2) is 8.90. The molecule has 2 heterocycles. The average Bonchev–Trinajstić information content (AvgIpc) is 3.22. The summed E-state index contributed by atoms with van der Waals surface area (Å²) in [6, 6.07) is 11.2. The van der Waals surface area contributed by atoms with Gasteiger partial charge in [-0.2, -0.15) is 0 Å². The number of carbonyl (C=O) groups excluding carboxylic acids is 1. The topological polar surface area (TPSA) is 120 Å². The third-order valence-corrected chi connectivity index (χ3v) is 7.95. The molecular weight excluding hydrogens is 488 g/mol. The molecule has 1 unspecified atom stereocenters. The predicted molar refractivity (Wildman–Crippen MR) is 125 cm³/mol. The van der Waals surface area contributed by atoms with Crippen LogP contribution in [0.3, 0.4) is 0 Å². The fourth-order valence-electron chi connectivity index (χ4n) is 3.48. The summed E-state index contributed by atoms with van der Waals surface area (Å²) in [5, 5.41) is 10.4. The number of methoxy groups -OCH3 is 1. The van der Waals surface area contributed by atoms with Crippen molar-refractivity contribution in [1.82, 2.24) is 14.9 Å². The molecule has 0 spiro atoms. The number of aromatic nitrogens is 2. The first kappa shape index (κ1) is 23.4. The van der Waals surface area contributed by atoms with E-state index in [0.29, 0.717) is 23.5 Å². The number of sulfonamides is 1. The number of carbonyl (C=O) groups is 1. The van der Waals surface area contributed by atoms with E-state index in [-0.39, 0.29) is 20.1 Å². The molecule has 1 aliphatic heterocycles. The second-order valence-electron chi connectivity index (χ2n) is 7.95. The van der Waals surface area contributed by atoms with Crippen molar-refractivity contribution < 1.29 is 22.7 Å². The van der Waals surface area contributed by atoms with Crippen molar-refractivity contribution in [2.45, 2.75) is 36.3 Å². The Morgan fingerprint density at radius 1 is 1.24 bits per heavy atom. The zero-order valence-corrected chi connectivity index (χ0v) is 20.3. The van der Waals surface area contributed by atoms with Gasteiger partial charge in [-0.1, -0.05) is 35.1 Å². The van der Waals surface area contributed by atoms with Crippen molar-refractivity contribution in [1.29, 1.82) is 0 Å². The van der Waals surface area contributed by atoms with Crippen LogP contribution in [0.1, 0.15) is 42.2 Å². The van der Waals surface area contributed by atoms with Gasteiger partial charge in [-0.15, -0.1) is 10.2 Å². The van der Waals surface area contributed by atoms with Gasteiger partial charge in [0.25, 0.3) is 15.9 Å². The van der Waals surface area contributed by atoms with E-state index >= 15 is 0 Å². The van der Waals surface area contributed by atoms with Gasteiger partial charge in [0.05, 0.1) is 23.7 Å². The number of hydrogen-bond acceptors (Lipinski definition) is 8. The third kappa shape index (κ3) is 5.11. The lowest BCUT2D eigenvalue weighted by molar-refractivity contribution is 0.0700. The maximum atomic E-state index is 13.1. The van der Waals surface area contributed by atoms with E-state index in [2.05, 4.69) is 20.2 Å². The second-order valence-corrected chi connectivity index (χ2v) is 11.2. The largest absolute Gasteiger partial charge is 0.497 e. The van der Waals surface area contributed by atoms with Crippen LogP contribution in [0, 0.1) is 0 Å². The number of amides is 1. The van der Waals surface area contributed by atoms with Gasteiger partial charge in [0.1, 0.15) is 17.1 Å². The molecule has 0 fully saturated rings. The van der Waals surface area contributed by atoms with Gasteiger partial charge in [-0.3, -0.25) is 10.1 Å². The minimum atomic E-state index is -4.04. The van der Waals surface area contributed by atoms with Crippen LogP contribution in [-0.2, 0) is 10.0 Å². The van der Waals surface area contributed by atoms with Crippen LogP contribution in [0.5, 0.6) is 11.5 Å². The van der Waals surface area contributed by atoms with Gasteiger partial charge in [0.2, 0.25) is 9.47 Å². The van der Waals surface area contributed by atoms with Crippen molar-refractivity contribution in [3.8, 4) is 11.5 Å². The maximum absolute atomic E-state index is 13.1. The molecule has 0 aliphatic carbocycles. The van der Waals surface area contributed by atoms with Gasteiger partial charge in [0.15, 0.2) is 0 Å². The summed E-state index contributed by atoms with van der Waals surface area (Å²) in [7, 11) is -2.50. The first-order chi connectivity index (χ1) is 15.6. The summed E-state index contributed by atoms with van der Waals surface area (Å²) in [4.78, 5) is 12.4. The number of anilines is 1. The summed E-state index contributed by atoms with van der Waals surface area (Å²) >= 11 is 6.78. The molecule has 12 heteroatoms. The first-order valence-corrected chi connectivity index (χ1v) is 12.5. The van der Waals surface area contributed by atoms with Crippen molar-refractivity contribution in [3.05, 3.63) is 58.6 Å². The SMILES string of the molecule is COc1ccc2c(c1)C(NS(=O)(=O)c1nnc(NC(=O)c3ccccc3Cl)s1)CC(C)(C)O2. The van der Waals surface area contributed by atoms with Gasteiger partial charge in [0, 0.05) is 12.0 Å². The lowest BCUT2D eigenvalue weighted by atomic mass is 9.90. The Bertz CT molecular complexity index is 1310. The van der Waals surface area contributed by atoms with E-state index in [1.54, 1.807) is 42.5 Å². The van der Waals surface area contributed by atoms with Crippen molar-refractivity contribution >= 4 is 44.0 Å². The summed E-state index contributed by atoms with van der Waals surface area (Å²) in [6.07, 6.45) is 0.390. The molecule has 9 nitrogen and oxygen atoms in total. The highest BCUT2D eigenvalue weighted by Gasteiger charge is 2.37. The summed E-state index contributed by atoms with van der Waals surface area (Å²) < 4.78 is 39.9. The molecule has 33 heavy (non-hydrogen) atoms. The van der Waals surface area contributed by atoms with Crippen LogP contribution in [0.4, 0.5) is 5.13 Å². The molecule has 3 aromatic rings. The molecule has 1 aliphatic rings. The number of halogens is 1. The summed E-state index contributed by atoms with van der Waals surface area (Å²) in [6.45, 7) is 3.77. The Labute approximate surface area is 200 Å². The molecule has 0 saturated heterocycles. The minimum Gasteiger partial charge on any atom is -0.497 e. The Morgan fingerprint density at radius 2 is 2.00 bits per heavy atom. The Kier molecular flexibility index (Phi) is 6.32. The Balaban J connectivity index is 1.56. The predicted octanol–water partition coefficient (Wildman–Crippen LogP) is 4.03. The Morgan fingerprint density at radius 3 is 2.73 bits per heavy atom. The smallest absolute Gasteiger partial charge is 0.270 e. The molecule has 0 saturated carbocycles. The van der Waals surface area contributed by atoms with E-state index in [1.165, 1.54) is 7.11 Å². The number of hydrogen-bond donors (Lipinski definition) is 2. The molecule has 0 radical (unpaired) electrons. The molecule has 174 valence electrons. The number of fused-ring (bicyclic) bond motifs is 1. The molecule has 1 amide bonds. The lowest BCUT2D eigenvalue weighted by Crippen LogP contribution is -2.41. The van der Waals surface area contributed by atoms with Gasteiger partial charge in [-0.05, 0) is 44.2 Å². The zero-order valence-electron chi connectivity index (χ0n) is 18.0. The highest BCUT2D eigenvalue weighted by atomic mass is 35.5. The molecular formula is C21H21ClN4O5S2. The quantitative estimate of drug-likeness (QED) is 0.482. The maximum Gasteiger partial charge on any atom is 0.270 e. The third-order valence-electron chi connectivity index (χ3n) is 4.95. The molecule has 1 atom stereocenters. The van der Waals surface area contributed by atoms with E-state index in [4.69, 9.17) is 21.1 Å². The van der Waals surface area contributed by atoms with Gasteiger partial charge < -0.3 is 9.47 Å². The first-order valence-electron chi connectivity index (χ1n) is 9.87. The van der Waals surface area contributed by atoms with Gasteiger partial charge in [-0.25, -0.2) is 13.1 Å². The number of nitrogens with zero attached hydrogens (tertiary/aromatic N) is 2. The lowest BCUT2D eigenvalue weighted by Gasteiger charge is -2.37. The normalized spacial score (nSPS) is 17.0. The van der Waals surface area contributed by atoms with Gasteiger partial charge >= 0.3 is 0 Å². The number of nitrogens with one attached hydrogen (secondary N) is 2. The van der Waals surface area contributed by atoms with Crippen LogP contribution in [0.15, 0.2) is 46.8 Å². The van der Waals surface area contributed by atoms with Crippen LogP contribution in [-0.4, -0.2) is 37.2 Å². The van der Waals surface area contributed by atoms with E-state index in [1.807, 2.05) is 13.8 Å². The molecule has 2 N–H and O–H groups in total. The van der Waals surface area contributed by atoms with Crippen LogP contribution >= 0.6 is 22.9 Å². The van der Waals surface area contributed by atoms with E-state index in [9.17, 15) is 13.2 Å². The summed E-state index contributed by atoms with van der Waals surface area (Å²) in [5.41, 5.74) is 0.310.